The quantitative estimate of drug-likeness (QED) is 0.582. The highest BCUT2D eigenvalue weighted by molar-refractivity contribution is 9.10. The van der Waals surface area contributed by atoms with Crippen molar-refractivity contribution in [2.45, 2.75) is 25.3 Å². The summed E-state index contributed by atoms with van der Waals surface area (Å²) in [5.41, 5.74) is 3.61. The van der Waals surface area contributed by atoms with E-state index in [1.807, 2.05) is 12.1 Å². The van der Waals surface area contributed by atoms with Gasteiger partial charge < -0.3 is 9.47 Å². The van der Waals surface area contributed by atoms with Crippen molar-refractivity contribution in [3.8, 4) is 11.5 Å². The lowest BCUT2D eigenvalue weighted by Crippen LogP contribution is -1.99. The zero-order valence-electron chi connectivity index (χ0n) is 12.2. The molecule has 0 aliphatic heterocycles. The fourth-order valence-corrected chi connectivity index (χ4v) is 2.94. The second-order valence-electron chi connectivity index (χ2n) is 4.70. The van der Waals surface area contributed by atoms with Gasteiger partial charge in [-0.15, -0.1) is 0 Å². The molecule has 0 aliphatic rings. The van der Waals surface area contributed by atoms with E-state index in [0.29, 0.717) is 6.61 Å². The third-order valence-corrected chi connectivity index (χ3v) is 4.49. The fourth-order valence-electron chi connectivity index (χ4n) is 2.02. The van der Waals surface area contributed by atoms with Gasteiger partial charge in [0, 0.05) is 5.33 Å². The number of benzene rings is 2. The lowest BCUT2D eigenvalue weighted by atomic mass is 10.1. The van der Waals surface area contributed by atoms with Crippen molar-refractivity contribution in [3.05, 3.63) is 57.6 Å². The highest BCUT2D eigenvalue weighted by atomic mass is 79.9. The number of ether oxygens (including phenoxy) is 2. The van der Waals surface area contributed by atoms with E-state index in [0.717, 1.165) is 38.8 Å². The summed E-state index contributed by atoms with van der Waals surface area (Å²) < 4.78 is 12.3. The molecule has 0 saturated carbocycles. The van der Waals surface area contributed by atoms with Gasteiger partial charge in [-0.1, -0.05) is 47.1 Å². The van der Waals surface area contributed by atoms with E-state index < -0.39 is 0 Å². The summed E-state index contributed by atoms with van der Waals surface area (Å²) in [6.07, 6.45) is 1.05. The van der Waals surface area contributed by atoms with Crippen molar-refractivity contribution in [2.75, 3.05) is 7.11 Å². The molecule has 0 spiro atoms. The number of rotatable bonds is 6. The molecule has 4 heteroatoms. The third kappa shape index (κ3) is 4.24. The monoisotopic (exact) mass is 412 g/mol. The zero-order valence-corrected chi connectivity index (χ0v) is 15.3. The van der Waals surface area contributed by atoms with Gasteiger partial charge in [0.25, 0.3) is 0 Å². The second kappa shape index (κ2) is 7.85. The van der Waals surface area contributed by atoms with E-state index in [1.54, 1.807) is 7.11 Å². The smallest absolute Gasteiger partial charge is 0.175 e. The first-order chi connectivity index (χ1) is 10.2. The fraction of sp³-hybridized carbons (Fsp3) is 0.294. The molecule has 0 saturated heterocycles. The molecule has 0 amide bonds. The van der Waals surface area contributed by atoms with Crippen molar-refractivity contribution in [3.63, 3.8) is 0 Å². The minimum absolute atomic E-state index is 0.520. The lowest BCUT2D eigenvalue weighted by Gasteiger charge is -2.14. The number of alkyl halides is 1. The van der Waals surface area contributed by atoms with Crippen LogP contribution in [0.1, 0.15) is 23.6 Å². The van der Waals surface area contributed by atoms with Gasteiger partial charge in [0.05, 0.1) is 11.6 Å². The largest absolute Gasteiger partial charge is 0.493 e. The molecule has 0 radical (unpaired) electrons. The van der Waals surface area contributed by atoms with Gasteiger partial charge >= 0.3 is 0 Å². The molecule has 0 heterocycles. The highest BCUT2D eigenvalue weighted by Gasteiger charge is 2.11. The SMILES string of the molecule is CCc1ccc(COc2c(Br)cc(CBr)cc2OC)cc1. The molecule has 2 rings (SSSR count). The first-order valence-corrected chi connectivity index (χ1v) is 8.72. The maximum Gasteiger partial charge on any atom is 0.175 e. The third-order valence-electron chi connectivity index (χ3n) is 3.26. The van der Waals surface area contributed by atoms with Crippen LogP contribution in [0.15, 0.2) is 40.9 Å². The Balaban J connectivity index is 2.15. The Morgan fingerprint density at radius 2 is 1.67 bits per heavy atom. The Morgan fingerprint density at radius 3 is 2.24 bits per heavy atom. The molecule has 2 aromatic carbocycles. The average molecular weight is 414 g/mol. The highest BCUT2D eigenvalue weighted by Crippen LogP contribution is 2.37. The summed E-state index contributed by atoms with van der Waals surface area (Å²) in [6, 6.07) is 12.5. The van der Waals surface area contributed by atoms with Crippen LogP contribution in [0.3, 0.4) is 0 Å². The summed E-state index contributed by atoms with van der Waals surface area (Å²) in [5, 5.41) is 0.778. The number of hydrogen-bond donors (Lipinski definition) is 0. The standard InChI is InChI=1S/C17H18Br2O2/c1-3-12-4-6-13(7-5-12)11-21-17-15(19)8-14(10-18)9-16(17)20-2/h4-9H,3,10-11H2,1-2H3. The van der Waals surface area contributed by atoms with Crippen LogP contribution in [-0.2, 0) is 18.4 Å². The molecular formula is C17H18Br2O2. The van der Waals surface area contributed by atoms with Crippen LogP contribution in [0.2, 0.25) is 0 Å². The van der Waals surface area contributed by atoms with Crippen molar-refractivity contribution in [1.82, 2.24) is 0 Å². The van der Waals surface area contributed by atoms with E-state index in [-0.39, 0.29) is 0 Å². The van der Waals surface area contributed by atoms with Crippen LogP contribution in [0.4, 0.5) is 0 Å². The van der Waals surface area contributed by atoms with E-state index >= 15 is 0 Å². The van der Waals surface area contributed by atoms with Gasteiger partial charge in [-0.05, 0) is 51.2 Å². The number of aryl methyl sites for hydroxylation is 1. The molecule has 112 valence electrons. The van der Waals surface area contributed by atoms with Crippen molar-refractivity contribution >= 4 is 31.9 Å². The molecule has 2 aromatic rings. The average Bonchev–Trinajstić information content (AvgIpc) is 2.53. The summed E-state index contributed by atoms with van der Waals surface area (Å²) in [5.74, 6) is 1.48. The predicted molar refractivity (Wildman–Crippen MR) is 93.5 cm³/mol. The molecule has 0 bridgehead atoms. The van der Waals surface area contributed by atoms with Crippen molar-refractivity contribution < 1.29 is 9.47 Å². The van der Waals surface area contributed by atoms with Gasteiger partial charge in [0.1, 0.15) is 6.61 Å². The lowest BCUT2D eigenvalue weighted by molar-refractivity contribution is 0.282. The van der Waals surface area contributed by atoms with Crippen LogP contribution in [0.5, 0.6) is 11.5 Å². The molecule has 0 atom stereocenters. The molecule has 0 aromatic heterocycles. The van der Waals surface area contributed by atoms with E-state index in [9.17, 15) is 0 Å². The van der Waals surface area contributed by atoms with Crippen LogP contribution in [0.25, 0.3) is 0 Å². The molecule has 0 unspecified atom stereocenters. The number of halogens is 2. The number of hydrogen-bond acceptors (Lipinski definition) is 2. The maximum atomic E-state index is 5.93. The normalized spacial score (nSPS) is 10.5. The van der Waals surface area contributed by atoms with Crippen LogP contribution >= 0.6 is 31.9 Å². The molecule has 2 nitrogen and oxygen atoms in total. The van der Waals surface area contributed by atoms with Crippen LogP contribution < -0.4 is 9.47 Å². The Hall–Kier alpha value is -1.00. The maximum absolute atomic E-state index is 5.93. The Labute approximate surface area is 142 Å². The molecule has 0 N–H and O–H groups in total. The summed E-state index contributed by atoms with van der Waals surface area (Å²) in [6.45, 7) is 2.67. The van der Waals surface area contributed by atoms with Gasteiger partial charge in [0.15, 0.2) is 11.5 Å². The topological polar surface area (TPSA) is 18.5 Å². The first-order valence-electron chi connectivity index (χ1n) is 6.81. The molecular weight excluding hydrogens is 396 g/mol. The van der Waals surface area contributed by atoms with Gasteiger partial charge in [0.2, 0.25) is 0 Å². The summed E-state index contributed by atoms with van der Waals surface area (Å²) in [4.78, 5) is 0. The van der Waals surface area contributed by atoms with Crippen molar-refractivity contribution in [2.24, 2.45) is 0 Å². The van der Waals surface area contributed by atoms with Gasteiger partial charge in [-0.3, -0.25) is 0 Å². The number of methoxy groups -OCH3 is 1. The molecule has 21 heavy (non-hydrogen) atoms. The Kier molecular flexibility index (Phi) is 6.12. The Morgan fingerprint density at radius 1 is 1.00 bits per heavy atom. The Bertz CT molecular complexity index is 594. The van der Waals surface area contributed by atoms with E-state index in [2.05, 4.69) is 63.0 Å². The van der Waals surface area contributed by atoms with Gasteiger partial charge in [-0.2, -0.15) is 0 Å². The predicted octanol–water partition coefficient (Wildman–Crippen LogP) is 5.49. The van der Waals surface area contributed by atoms with Crippen LogP contribution in [0, 0.1) is 0 Å². The molecule has 0 aliphatic carbocycles. The summed E-state index contributed by atoms with van der Waals surface area (Å²) >= 11 is 7.00. The second-order valence-corrected chi connectivity index (χ2v) is 6.12. The van der Waals surface area contributed by atoms with Crippen molar-refractivity contribution in [1.29, 1.82) is 0 Å². The first kappa shape index (κ1) is 16.4. The zero-order chi connectivity index (χ0) is 15.2. The minimum atomic E-state index is 0.520. The van der Waals surface area contributed by atoms with Crippen LogP contribution in [-0.4, -0.2) is 7.11 Å². The summed E-state index contributed by atoms with van der Waals surface area (Å²) in [7, 11) is 1.66. The van der Waals surface area contributed by atoms with Gasteiger partial charge in [-0.25, -0.2) is 0 Å². The van der Waals surface area contributed by atoms with E-state index in [1.165, 1.54) is 5.56 Å². The molecule has 0 fully saturated rings. The van der Waals surface area contributed by atoms with E-state index in [4.69, 9.17) is 9.47 Å². The minimum Gasteiger partial charge on any atom is -0.493 e.